The predicted octanol–water partition coefficient (Wildman–Crippen LogP) is 3.69. The van der Waals surface area contributed by atoms with Gasteiger partial charge in [0.25, 0.3) is 0 Å². The molecule has 1 rings (SSSR count). The van der Waals surface area contributed by atoms with Gasteiger partial charge in [-0.15, -0.1) is 0 Å². The van der Waals surface area contributed by atoms with E-state index in [0.717, 1.165) is 24.6 Å². The van der Waals surface area contributed by atoms with Crippen LogP contribution in [0.4, 0.5) is 10.1 Å². The maximum absolute atomic E-state index is 12.8. The van der Waals surface area contributed by atoms with Crippen LogP contribution in [0.1, 0.15) is 26.7 Å². The van der Waals surface area contributed by atoms with Gasteiger partial charge in [-0.3, -0.25) is 0 Å². The molecule has 0 spiro atoms. The number of anilines is 1. The summed E-state index contributed by atoms with van der Waals surface area (Å²) in [5.41, 5.74) is 0.802. The standard InChI is InChI=1S/C14H22FNO/c1-12(2)5-4-9-17-10-8-16-14-7-3-6-13(15)11-14/h3,6-7,11-12,16H,4-5,8-10H2,1-2H3. The van der Waals surface area contributed by atoms with E-state index < -0.39 is 0 Å². The summed E-state index contributed by atoms with van der Waals surface area (Å²) in [6.07, 6.45) is 2.31. The summed E-state index contributed by atoms with van der Waals surface area (Å²) in [5.74, 6) is 0.525. The van der Waals surface area contributed by atoms with Crippen molar-refractivity contribution in [3.8, 4) is 0 Å². The molecule has 3 heteroatoms. The Labute approximate surface area is 103 Å². The first-order valence-corrected chi connectivity index (χ1v) is 6.25. The minimum absolute atomic E-state index is 0.215. The van der Waals surface area contributed by atoms with Gasteiger partial charge in [-0.2, -0.15) is 0 Å². The Morgan fingerprint density at radius 3 is 2.82 bits per heavy atom. The molecule has 0 unspecified atom stereocenters. The normalized spacial score (nSPS) is 10.8. The summed E-state index contributed by atoms with van der Waals surface area (Å²) in [6.45, 7) is 6.61. The van der Waals surface area contributed by atoms with E-state index in [-0.39, 0.29) is 5.82 Å². The van der Waals surface area contributed by atoms with Gasteiger partial charge in [0.1, 0.15) is 5.82 Å². The lowest BCUT2D eigenvalue weighted by molar-refractivity contribution is 0.137. The number of rotatable bonds is 8. The first-order chi connectivity index (χ1) is 8.18. The number of hydrogen-bond acceptors (Lipinski definition) is 2. The van der Waals surface area contributed by atoms with Crippen molar-refractivity contribution in [3.63, 3.8) is 0 Å². The molecule has 17 heavy (non-hydrogen) atoms. The first kappa shape index (κ1) is 14.0. The van der Waals surface area contributed by atoms with E-state index in [2.05, 4.69) is 19.2 Å². The van der Waals surface area contributed by atoms with Gasteiger partial charge in [0.15, 0.2) is 0 Å². The first-order valence-electron chi connectivity index (χ1n) is 6.25. The lowest BCUT2D eigenvalue weighted by Gasteiger charge is -2.08. The third kappa shape index (κ3) is 6.95. The molecule has 0 aliphatic rings. The van der Waals surface area contributed by atoms with E-state index in [9.17, 15) is 4.39 Å². The smallest absolute Gasteiger partial charge is 0.125 e. The Morgan fingerprint density at radius 2 is 2.12 bits per heavy atom. The number of ether oxygens (including phenoxy) is 1. The van der Waals surface area contributed by atoms with Crippen molar-refractivity contribution in [2.75, 3.05) is 25.1 Å². The number of benzene rings is 1. The summed E-state index contributed by atoms with van der Waals surface area (Å²) in [7, 11) is 0. The molecule has 2 nitrogen and oxygen atoms in total. The van der Waals surface area contributed by atoms with Crippen molar-refractivity contribution in [1.82, 2.24) is 0 Å². The Hall–Kier alpha value is -1.09. The molecule has 0 saturated heterocycles. The summed E-state index contributed by atoms with van der Waals surface area (Å²) < 4.78 is 18.3. The molecule has 0 fully saturated rings. The van der Waals surface area contributed by atoms with Crippen LogP contribution >= 0.6 is 0 Å². The van der Waals surface area contributed by atoms with Gasteiger partial charge in [0.2, 0.25) is 0 Å². The second kappa shape index (κ2) is 8.07. The van der Waals surface area contributed by atoms with Crippen molar-refractivity contribution in [2.45, 2.75) is 26.7 Å². The van der Waals surface area contributed by atoms with Crippen molar-refractivity contribution in [2.24, 2.45) is 5.92 Å². The van der Waals surface area contributed by atoms with Crippen LogP contribution in [0.15, 0.2) is 24.3 Å². The third-order valence-corrected chi connectivity index (χ3v) is 2.47. The molecule has 0 radical (unpaired) electrons. The number of nitrogens with one attached hydrogen (secondary N) is 1. The minimum Gasteiger partial charge on any atom is -0.383 e. The molecule has 0 aliphatic carbocycles. The van der Waals surface area contributed by atoms with Crippen LogP contribution in [0, 0.1) is 11.7 Å². The molecule has 0 heterocycles. The fourth-order valence-electron chi connectivity index (χ4n) is 1.56. The van der Waals surface area contributed by atoms with Crippen molar-refractivity contribution in [3.05, 3.63) is 30.1 Å². The SMILES string of the molecule is CC(C)CCCOCCNc1cccc(F)c1. The zero-order valence-electron chi connectivity index (χ0n) is 10.7. The molecule has 0 atom stereocenters. The summed E-state index contributed by atoms with van der Waals surface area (Å²) >= 11 is 0. The monoisotopic (exact) mass is 239 g/mol. The average Bonchev–Trinajstić information content (AvgIpc) is 2.27. The molecular formula is C14H22FNO. The molecule has 1 aromatic rings. The minimum atomic E-state index is -0.215. The maximum atomic E-state index is 12.8. The van der Waals surface area contributed by atoms with E-state index in [0.29, 0.717) is 13.2 Å². The summed E-state index contributed by atoms with van der Waals surface area (Å²) in [4.78, 5) is 0. The average molecular weight is 239 g/mol. The van der Waals surface area contributed by atoms with E-state index in [1.807, 2.05) is 6.07 Å². The lowest BCUT2D eigenvalue weighted by Crippen LogP contribution is -2.10. The van der Waals surface area contributed by atoms with E-state index in [1.165, 1.54) is 18.6 Å². The van der Waals surface area contributed by atoms with Crippen LogP contribution in [-0.4, -0.2) is 19.8 Å². The second-order valence-electron chi connectivity index (χ2n) is 4.59. The van der Waals surface area contributed by atoms with Gasteiger partial charge in [0.05, 0.1) is 6.61 Å². The van der Waals surface area contributed by atoms with Gasteiger partial charge in [0, 0.05) is 18.8 Å². The highest BCUT2D eigenvalue weighted by Gasteiger charge is 1.95. The Balaban J connectivity index is 2.01. The third-order valence-electron chi connectivity index (χ3n) is 2.47. The fourth-order valence-corrected chi connectivity index (χ4v) is 1.56. The lowest BCUT2D eigenvalue weighted by atomic mass is 10.1. The van der Waals surface area contributed by atoms with Crippen molar-refractivity contribution >= 4 is 5.69 Å². The van der Waals surface area contributed by atoms with E-state index in [4.69, 9.17) is 4.74 Å². The van der Waals surface area contributed by atoms with Crippen LogP contribution < -0.4 is 5.32 Å². The van der Waals surface area contributed by atoms with Crippen LogP contribution in [0.5, 0.6) is 0 Å². The highest BCUT2D eigenvalue weighted by atomic mass is 19.1. The van der Waals surface area contributed by atoms with E-state index >= 15 is 0 Å². The Bertz CT molecular complexity index is 315. The molecular weight excluding hydrogens is 217 g/mol. The highest BCUT2D eigenvalue weighted by molar-refractivity contribution is 5.42. The molecule has 0 aromatic heterocycles. The van der Waals surface area contributed by atoms with Gasteiger partial charge >= 0.3 is 0 Å². The summed E-state index contributed by atoms with van der Waals surface area (Å²) in [5, 5.41) is 3.12. The summed E-state index contributed by atoms with van der Waals surface area (Å²) in [6, 6.07) is 6.47. The molecule has 96 valence electrons. The highest BCUT2D eigenvalue weighted by Crippen LogP contribution is 2.08. The van der Waals surface area contributed by atoms with Crippen LogP contribution in [0.2, 0.25) is 0 Å². The predicted molar refractivity (Wildman–Crippen MR) is 69.8 cm³/mol. The molecule has 0 aliphatic heterocycles. The fraction of sp³-hybridized carbons (Fsp3) is 0.571. The van der Waals surface area contributed by atoms with E-state index in [1.54, 1.807) is 6.07 Å². The largest absolute Gasteiger partial charge is 0.383 e. The van der Waals surface area contributed by atoms with Crippen LogP contribution in [0.3, 0.4) is 0 Å². The van der Waals surface area contributed by atoms with Crippen LogP contribution in [-0.2, 0) is 4.74 Å². The molecule has 1 N–H and O–H groups in total. The van der Waals surface area contributed by atoms with Gasteiger partial charge in [-0.05, 0) is 37.0 Å². The number of halogens is 1. The topological polar surface area (TPSA) is 21.3 Å². The maximum Gasteiger partial charge on any atom is 0.125 e. The van der Waals surface area contributed by atoms with Gasteiger partial charge in [-0.1, -0.05) is 19.9 Å². The zero-order valence-corrected chi connectivity index (χ0v) is 10.7. The quantitative estimate of drug-likeness (QED) is 0.698. The van der Waals surface area contributed by atoms with Gasteiger partial charge in [-0.25, -0.2) is 4.39 Å². The van der Waals surface area contributed by atoms with Gasteiger partial charge < -0.3 is 10.1 Å². The molecule has 0 bridgehead atoms. The van der Waals surface area contributed by atoms with Crippen molar-refractivity contribution < 1.29 is 9.13 Å². The molecule has 1 aromatic carbocycles. The Kier molecular flexibility index (Phi) is 6.63. The molecule has 0 saturated carbocycles. The Morgan fingerprint density at radius 1 is 1.29 bits per heavy atom. The molecule has 0 amide bonds. The van der Waals surface area contributed by atoms with Crippen LogP contribution in [0.25, 0.3) is 0 Å². The van der Waals surface area contributed by atoms with Crippen molar-refractivity contribution in [1.29, 1.82) is 0 Å². The second-order valence-corrected chi connectivity index (χ2v) is 4.59. The number of hydrogen-bond donors (Lipinski definition) is 1. The zero-order chi connectivity index (χ0) is 12.5.